The molecule has 1 N–H and O–H groups in total. The average molecular weight is 461 g/mol. The zero-order valence-electron chi connectivity index (χ0n) is 19.2. The summed E-state index contributed by atoms with van der Waals surface area (Å²) in [7, 11) is 5.32. The molecule has 0 atom stereocenters. The Bertz CT molecular complexity index is 979. The van der Waals surface area contributed by atoms with Crippen molar-refractivity contribution in [2.75, 3.05) is 56.0 Å². The predicted molar refractivity (Wildman–Crippen MR) is 124 cm³/mol. The lowest BCUT2D eigenvalue weighted by molar-refractivity contribution is -0.140. The Labute approximate surface area is 192 Å². The molecule has 0 unspecified atom stereocenters. The van der Waals surface area contributed by atoms with Crippen molar-refractivity contribution in [2.24, 2.45) is 0 Å². The Morgan fingerprint density at radius 1 is 1.21 bits per heavy atom. The molecule has 10 heteroatoms. The van der Waals surface area contributed by atoms with Crippen molar-refractivity contribution in [1.29, 1.82) is 0 Å². The number of nitrogens with one attached hydrogen (secondary N) is 1. The van der Waals surface area contributed by atoms with E-state index in [0.29, 0.717) is 18.1 Å². The number of hydrogen-bond acceptors (Lipinski definition) is 7. The van der Waals surface area contributed by atoms with Gasteiger partial charge in [-0.1, -0.05) is 12.8 Å². The fraction of sp³-hybridized carbons (Fsp3) is 0.522. The summed E-state index contributed by atoms with van der Waals surface area (Å²) in [5.41, 5.74) is 1.03. The van der Waals surface area contributed by atoms with Crippen LogP contribution in [0.1, 0.15) is 25.7 Å². The van der Waals surface area contributed by atoms with E-state index < -0.39 is 18.4 Å². The van der Waals surface area contributed by atoms with Crippen LogP contribution in [-0.2, 0) is 4.79 Å². The smallest absolute Gasteiger partial charge is 0.342 e. The number of aromatic nitrogens is 2. The zero-order valence-corrected chi connectivity index (χ0v) is 19.2. The van der Waals surface area contributed by atoms with Crippen molar-refractivity contribution in [3.05, 3.63) is 30.5 Å². The van der Waals surface area contributed by atoms with E-state index in [2.05, 4.69) is 15.3 Å². The second-order valence-electron chi connectivity index (χ2n) is 8.84. The molecular weight excluding hydrogens is 430 g/mol. The number of alkyl halides is 2. The van der Waals surface area contributed by atoms with Crippen LogP contribution in [0.5, 0.6) is 5.75 Å². The van der Waals surface area contributed by atoms with Crippen LogP contribution < -0.4 is 19.9 Å². The fourth-order valence-electron chi connectivity index (χ4n) is 4.21. The number of nitrogens with zero attached hydrogens (tertiary/aromatic N) is 5. The predicted octanol–water partition coefficient (Wildman–Crippen LogP) is 3.52. The van der Waals surface area contributed by atoms with Gasteiger partial charge in [0.15, 0.2) is 5.82 Å². The molecule has 2 aromatic rings. The highest BCUT2D eigenvalue weighted by Crippen LogP contribution is 2.39. The van der Waals surface area contributed by atoms with Crippen LogP contribution in [0.2, 0.25) is 0 Å². The van der Waals surface area contributed by atoms with E-state index in [4.69, 9.17) is 4.74 Å². The van der Waals surface area contributed by atoms with Crippen LogP contribution in [0.15, 0.2) is 30.5 Å². The van der Waals surface area contributed by atoms with Crippen LogP contribution in [-0.4, -0.2) is 73.6 Å². The molecule has 1 aromatic heterocycles. The fourth-order valence-corrected chi connectivity index (χ4v) is 4.21. The molecule has 178 valence electrons. The Morgan fingerprint density at radius 2 is 1.91 bits per heavy atom. The van der Waals surface area contributed by atoms with Gasteiger partial charge in [-0.05, 0) is 51.2 Å². The number of carbonyl (C=O) groups excluding carboxylic acids is 1. The van der Waals surface area contributed by atoms with Crippen molar-refractivity contribution in [1.82, 2.24) is 14.9 Å². The monoisotopic (exact) mass is 460 g/mol. The molecule has 2 heterocycles. The Morgan fingerprint density at radius 3 is 2.58 bits per heavy atom. The lowest BCUT2D eigenvalue weighted by Crippen LogP contribution is -2.48. The van der Waals surface area contributed by atoms with Gasteiger partial charge in [0.05, 0.1) is 12.7 Å². The Balaban J connectivity index is 1.56. The molecule has 4 rings (SSSR count). The number of carbonyl (C=O) groups is 1. The second-order valence-corrected chi connectivity index (χ2v) is 8.84. The summed E-state index contributed by atoms with van der Waals surface area (Å²) in [5, 5.41) is 3.13. The molecule has 2 aliphatic rings. The normalized spacial score (nSPS) is 18.4. The molecule has 33 heavy (non-hydrogen) atoms. The molecule has 1 fully saturated rings. The summed E-state index contributed by atoms with van der Waals surface area (Å²) >= 11 is 0. The third kappa shape index (κ3) is 5.16. The minimum atomic E-state index is -3.49. The summed E-state index contributed by atoms with van der Waals surface area (Å²) < 4.78 is 35.1. The lowest BCUT2D eigenvalue weighted by atomic mass is 10.2. The number of benzene rings is 1. The van der Waals surface area contributed by atoms with E-state index in [1.54, 1.807) is 4.90 Å². The van der Waals surface area contributed by atoms with Gasteiger partial charge in [0.1, 0.15) is 18.0 Å². The first-order chi connectivity index (χ1) is 15.7. The number of amides is 1. The third-order valence-corrected chi connectivity index (χ3v) is 6.05. The quantitative estimate of drug-likeness (QED) is 0.678. The zero-order chi connectivity index (χ0) is 23.6. The first-order valence-electron chi connectivity index (χ1n) is 11.2. The molecule has 1 amide bonds. The number of rotatable bonds is 7. The van der Waals surface area contributed by atoms with Gasteiger partial charge in [-0.15, -0.1) is 0 Å². The van der Waals surface area contributed by atoms with E-state index in [0.717, 1.165) is 48.6 Å². The van der Waals surface area contributed by atoms with Crippen LogP contribution in [0.4, 0.5) is 31.9 Å². The van der Waals surface area contributed by atoms with Crippen molar-refractivity contribution in [3.8, 4) is 5.75 Å². The van der Waals surface area contributed by atoms with Gasteiger partial charge in [-0.25, -0.2) is 4.98 Å². The van der Waals surface area contributed by atoms with Gasteiger partial charge >= 0.3 is 5.92 Å². The van der Waals surface area contributed by atoms with E-state index in [1.807, 2.05) is 43.3 Å². The van der Waals surface area contributed by atoms with Crippen molar-refractivity contribution >= 4 is 29.0 Å². The maximum Gasteiger partial charge on any atom is 0.342 e. The maximum absolute atomic E-state index is 14.7. The summed E-state index contributed by atoms with van der Waals surface area (Å²) in [6.45, 7) is 0.724. The minimum absolute atomic E-state index is 0.0738. The van der Waals surface area contributed by atoms with Crippen LogP contribution in [0.25, 0.3) is 0 Å². The molecule has 1 saturated carbocycles. The topological polar surface area (TPSA) is 73.8 Å². The largest absolute Gasteiger partial charge is 0.492 e. The molecular formula is C23H30F2N6O2. The van der Waals surface area contributed by atoms with Gasteiger partial charge in [0, 0.05) is 25.3 Å². The molecule has 0 bridgehead atoms. The number of hydrogen-bond donors (Lipinski definition) is 1. The number of halogens is 2. The Kier molecular flexibility index (Phi) is 6.64. The molecule has 0 spiro atoms. The van der Waals surface area contributed by atoms with Gasteiger partial charge in [0.25, 0.3) is 5.91 Å². The number of ether oxygens (including phenoxy) is 1. The molecule has 0 radical (unpaired) electrons. The molecule has 1 aliphatic heterocycles. The van der Waals surface area contributed by atoms with Crippen LogP contribution in [0.3, 0.4) is 0 Å². The second kappa shape index (κ2) is 9.46. The minimum Gasteiger partial charge on any atom is -0.492 e. The third-order valence-electron chi connectivity index (χ3n) is 6.05. The van der Waals surface area contributed by atoms with E-state index in [1.165, 1.54) is 13.2 Å². The first-order valence-corrected chi connectivity index (χ1v) is 11.2. The molecule has 8 nitrogen and oxygen atoms in total. The summed E-state index contributed by atoms with van der Waals surface area (Å²) in [6.07, 6.45) is 4.99. The van der Waals surface area contributed by atoms with Gasteiger partial charge in [0.2, 0.25) is 5.95 Å². The van der Waals surface area contributed by atoms with Gasteiger partial charge in [-0.2, -0.15) is 13.8 Å². The number of fused-ring (bicyclic) bond motifs is 1. The first kappa shape index (κ1) is 23.2. The molecule has 1 aromatic carbocycles. The highest BCUT2D eigenvalue weighted by Gasteiger charge is 2.48. The van der Waals surface area contributed by atoms with E-state index in [9.17, 15) is 13.6 Å². The standard InChI is InChI=1S/C23H30F2N6O2/c1-29(2)12-13-33-18-10-8-16(9-11-18)27-22-26-14-19-20(28-22)31(17-6-4-5-7-17)15-23(24,25)21(32)30(19)3/h8-11,14,17H,4-7,12-13,15H2,1-3H3,(H,26,27,28). The maximum atomic E-state index is 14.7. The van der Waals surface area contributed by atoms with Crippen molar-refractivity contribution < 1.29 is 18.3 Å². The van der Waals surface area contributed by atoms with Crippen LogP contribution >= 0.6 is 0 Å². The summed E-state index contributed by atoms with van der Waals surface area (Å²) in [4.78, 5) is 25.8. The van der Waals surface area contributed by atoms with Crippen molar-refractivity contribution in [2.45, 2.75) is 37.6 Å². The summed E-state index contributed by atoms with van der Waals surface area (Å²) in [6, 6.07) is 7.31. The molecule has 1 aliphatic carbocycles. The highest BCUT2D eigenvalue weighted by molar-refractivity contribution is 6.02. The lowest BCUT2D eigenvalue weighted by Gasteiger charge is -2.31. The van der Waals surface area contributed by atoms with Crippen molar-refractivity contribution in [3.63, 3.8) is 0 Å². The average Bonchev–Trinajstić information content (AvgIpc) is 3.30. The van der Waals surface area contributed by atoms with E-state index in [-0.39, 0.29) is 12.0 Å². The number of anilines is 4. The van der Waals surface area contributed by atoms with E-state index >= 15 is 0 Å². The number of likely N-dealkylation sites (N-methyl/N-ethyl adjacent to an activating group) is 1. The SMILES string of the molecule is CN(C)CCOc1ccc(Nc2ncc3c(n2)N(C2CCCC2)CC(F)(F)C(=O)N3C)cc1. The van der Waals surface area contributed by atoms with Gasteiger partial charge < -0.3 is 24.8 Å². The Hall–Kier alpha value is -3.01. The molecule has 0 saturated heterocycles. The van der Waals surface area contributed by atoms with Crippen LogP contribution in [0, 0.1) is 0 Å². The highest BCUT2D eigenvalue weighted by atomic mass is 19.3. The van der Waals surface area contributed by atoms with Gasteiger partial charge in [-0.3, -0.25) is 4.79 Å². The summed E-state index contributed by atoms with van der Waals surface area (Å²) in [5.74, 6) is -3.34.